The molecule has 0 bridgehead atoms. The predicted molar refractivity (Wildman–Crippen MR) is 139 cm³/mol. The fraction of sp³-hybridized carbons (Fsp3) is 0.966. The molecule has 0 radical (unpaired) electrons. The summed E-state index contributed by atoms with van der Waals surface area (Å²) in [5, 5.41) is 0. The van der Waals surface area contributed by atoms with Crippen molar-refractivity contribution in [3.05, 3.63) is 0 Å². The first-order valence-corrected chi connectivity index (χ1v) is 14.3. The Morgan fingerprint density at radius 2 is 0.533 bits per heavy atom. The summed E-state index contributed by atoms with van der Waals surface area (Å²) in [4.78, 5) is 10.2. The zero-order valence-corrected chi connectivity index (χ0v) is 21.7. The van der Waals surface area contributed by atoms with Gasteiger partial charge in [-0.05, 0) is 6.42 Å². The van der Waals surface area contributed by atoms with Crippen molar-refractivity contribution in [3.8, 4) is 0 Å². The van der Waals surface area contributed by atoms with E-state index in [0.29, 0.717) is 0 Å². The van der Waals surface area contributed by atoms with E-state index in [1.165, 1.54) is 148 Å². The number of carbonyl (C=O) groups excluding carboxylic acids is 1. The lowest BCUT2D eigenvalue weighted by molar-refractivity contribution is -0.107. The first-order valence-electron chi connectivity index (χ1n) is 14.3. The van der Waals surface area contributed by atoms with Gasteiger partial charge >= 0.3 is 0 Å². The monoisotopic (exact) mass is 424 g/mol. The van der Waals surface area contributed by atoms with Crippen molar-refractivity contribution in [1.29, 1.82) is 0 Å². The van der Waals surface area contributed by atoms with E-state index in [9.17, 15) is 4.79 Å². The Morgan fingerprint density at radius 3 is 0.733 bits per heavy atom. The minimum atomic E-state index is 0.763. The summed E-state index contributed by atoms with van der Waals surface area (Å²) < 4.78 is 0. The Morgan fingerprint density at radius 1 is 0.333 bits per heavy atom. The van der Waals surface area contributed by atoms with Crippen LogP contribution in [0.5, 0.6) is 0 Å². The molecule has 0 unspecified atom stereocenters. The van der Waals surface area contributed by atoms with Crippen molar-refractivity contribution in [1.82, 2.24) is 0 Å². The van der Waals surface area contributed by atoms with Gasteiger partial charge in [0.15, 0.2) is 0 Å². The van der Waals surface area contributed by atoms with Gasteiger partial charge in [-0.15, -0.1) is 0 Å². The van der Waals surface area contributed by atoms with Crippen molar-refractivity contribution in [3.63, 3.8) is 0 Å². The van der Waals surface area contributed by atoms with Crippen LogP contribution in [0.1, 0.15) is 181 Å². The van der Waals surface area contributed by atoms with Gasteiger partial charge in [0.25, 0.3) is 0 Å². The lowest BCUT2D eigenvalue weighted by Crippen LogP contribution is -1.84. The Hall–Kier alpha value is -0.330. The van der Waals surface area contributed by atoms with Crippen LogP contribution in [0.15, 0.2) is 0 Å². The maximum absolute atomic E-state index is 10.2. The maximum Gasteiger partial charge on any atom is 0.119 e. The first kappa shape index (κ1) is 31.9. The van der Waals surface area contributed by atoms with Crippen LogP contribution in [0.4, 0.5) is 0 Å². The first-order chi connectivity index (χ1) is 14.8. The number of unbranched alkanes of at least 4 members (excludes halogenated alkanes) is 23. The van der Waals surface area contributed by atoms with Gasteiger partial charge in [-0.1, -0.05) is 168 Å². The second kappa shape index (κ2) is 33.3. The molecule has 0 atom stereocenters. The van der Waals surface area contributed by atoms with Gasteiger partial charge < -0.3 is 4.79 Å². The second-order valence-electron chi connectivity index (χ2n) is 9.38. The molecule has 0 aromatic carbocycles. The third-order valence-electron chi connectivity index (χ3n) is 6.13. The third kappa shape index (κ3) is 35.1. The molecule has 0 fully saturated rings. The highest BCUT2D eigenvalue weighted by Crippen LogP contribution is 2.14. The number of aldehydes is 1. The van der Waals surface area contributed by atoms with E-state index in [2.05, 4.69) is 20.8 Å². The van der Waals surface area contributed by atoms with Gasteiger partial charge in [0.2, 0.25) is 0 Å². The molecule has 0 saturated carbocycles. The summed E-state index contributed by atoms with van der Waals surface area (Å²) in [5.74, 6) is 0. The summed E-state index contributed by atoms with van der Waals surface area (Å²) >= 11 is 0. The van der Waals surface area contributed by atoms with Gasteiger partial charge in [-0.2, -0.15) is 0 Å². The average Bonchev–Trinajstić information content (AvgIpc) is 2.76. The second-order valence-corrected chi connectivity index (χ2v) is 9.38. The van der Waals surface area contributed by atoms with Crippen LogP contribution in [-0.2, 0) is 4.79 Å². The van der Waals surface area contributed by atoms with Gasteiger partial charge in [-0.25, -0.2) is 0 Å². The topological polar surface area (TPSA) is 17.1 Å². The Labute approximate surface area is 192 Å². The SMILES string of the molecule is CCCCCCCCC.CCCCCCCCCCCCCCCCCCCC=O. The van der Waals surface area contributed by atoms with Crippen molar-refractivity contribution in [2.75, 3.05) is 0 Å². The molecule has 0 rings (SSSR count). The summed E-state index contributed by atoms with van der Waals surface area (Å²) in [6.45, 7) is 6.81. The van der Waals surface area contributed by atoms with Gasteiger partial charge in [0.05, 0.1) is 0 Å². The van der Waals surface area contributed by atoms with E-state index >= 15 is 0 Å². The van der Waals surface area contributed by atoms with E-state index in [1.807, 2.05) is 0 Å². The van der Waals surface area contributed by atoms with Crippen LogP contribution in [0, 0.1) is 0 Å². The molecule has 30 heavy (non-hydrogen) atoms. The molecule has 1 nitrogen and oxygen atoms in total. The lowest BCUT2D eigenvalue weighted by atomic mass is 10.0. The number of rotatable bonds is 24. The molecule has 182 valence electrons. The van der Waals surface area contributed by atoms with Gasteiger partial charge in [0, 0.05) is 6.42 Å². The van der Waals surface area contributed by atoms with Crippen LogP contribution in [0.2, 0.25) is 0 Å². The Bertz CT molecular complexity index is 268. The molecule has 0 aliphatic carbocycles. The molecule has 0 aromatic heterocycles. The Kier molecular flexibility index (Phi) is 35.4. The highest BCUT2D eigenvalue weighted by atomic mass is 16.1. The zero-order valence-electron chi connectivity index (χ0n) is 21.7. The third-order valence-corrected chi connectivity index (χ3v) is 6.13. The summed E-state index contributed by atoms with van der Waals surface area (Å²) in [6, 6.07) is 0. The molecule has 0 aromatic rings. The van der Waals surface area contributed by atoms with E-state index in [4.69, 9.17) is 0 Å². The predicted octanol–water partition coefficient (Wildman–Crippen LogP) is 11.0. The van der Waals surface area contributed by atoms with Crippen molar-refractivity contribution < 1.29 is 4.79 Å². The van der Waals surface area contributed by atoms with E-state index in [1.54, 1.807) is 0 Å². The smallest absolute Gasteiger partial charge is 0.119 e. The maximum atomic E-state index is 10.2. The Balaban J connectivity index is 0. The van der Waals surface area contributed by atoms with Gasteiger partial charge in [-0.3, -0.25) is 0 Å². The molecular formula is C29H60O. The molecular weight excluding hydrogens is 364 g/mol. The van der Waals surface area contributed by atoms with Crippen molar-refractivity contribution in [2.24, 2.45) is 0 Å². The van der Waals surface area contributed by atoms with Crippen LogP contribution in [0.3, 0.4) is 0 Å². The largest absolute Gasteiger partial charge is 0.303 e. The highest BCUT2D eigenvalue weighted by Gasteiger charge is 1.94. The van der Waals surface area contributed by atoms with E-state index in [-0.39, 0.29) is 0 Å². The zero-order chi connectivity index (χ0) is 22.4. The van der Waals surface area contributed by atoms with Crippen LogP contribution in [0.25, 0.3) is 0 Å². The minimum Gasteiger partial charge on any atom is -0.303 e. The van der Waals surface area contributed by atoms with Crippen molar-refractivity contribution >= 4 is 6.29 Å². The van der Waals surface area contributed by atoms with Crippen LogP contribution >= 0.6 is 0 Å². The number of hydrogen-bond donors (Lipinski definition) is 0. The number of carbonyl (C=O) groups is 1. The molecule has 0 heterocycles. The number of hydrogen-bond acceptors (Lipinski definition) is 1. The average molecular weight is 425 g/mol. The summed E-state index contributed by atoms with van der Waals surface area (Å²) in [5.41, 5.74) is 0. The molecule has 0 saturated heterocycles. The molecule has 0 spiro atoms. The molecule has 1 heteroatoms. The quantitative estimate of drug-likeness (QED) is 0.111. The molecule has 0 aliphatic rings. The van der Waals surface area contributed by atoms with E-state index in [0.717, 1.165) is 19.1 Å². The fourth-order valence-electron chi connectivity index (χ4n) is 3.98. The lowest BCUT2D eigenvalue weighted by Gasteiger charge is -2.03. The fourth-order valence-corrected chi connectivity index (χ4v) is 3.98. The van der Waals surface area contributed by atoms with Crippen LogP contribution < -0.4 is 0 Å². The standard InChI is InChI=1S/C20H40O.C9H20/c1-2-3-4-5-6-7-8-9-10-11-12-13-14-15-16-17-18-19-20-21;1-3-5-7-9-8-6-4-2/h20H,2-19H2,1H3;3-9H2,1-2H3. The van der Waals surface area contributed by atoms with Gasteiger partial charge in [0.1, 0.15) is 6.29 Å². The summed E-state index contributed by atoms with van der Waals surface area (Å²) in [7, 11) is 0. The minimum absolute atomic E-state index is 0.763. The normalized spacial score (nSPS) is 10.6. The highest BCUT2D eigenvalue weighted by molar-refractivity contribution is 5.48. The molecule has 0 aliphatic heterocycles. The van der Waals surface area contributed by atoms with Crippen LogP contribution in [-0.4, -0.2) is 6.29 Å². The molecule has 0 amide bonds. The summed E-state index contributed by atoms with van der Waals surface area (Å²) in [6.07, 6.45) is 35.5. The molecule has 0 N–H and O–H groups in total. The van der Waals surface area contributed by atoms with E-state index < -0.39 is 0 Å². The van der Waals surface area contributed by atoms with Crippen molar-refractivity contribution in [2.45, 2.75) is 181 Å².